The van der Waals surface area contributed by atoms with Gasteiger partial charge in [-0.2, -0.15) is 0 Å². The van der Waals surface area contributed by atoms with Gasteiger partial charge in [-0.1, -0.05) is 48.0 Å². The molecule has 6 nitrogen and oxygen atoms in total. The number of amides is 2. The van der Waals surface area contributed by atoms with Gasteiger partial charge in [-0.05, 0) is 37.0 Å². The minimum Gasteiger partial charge on any atom is -0.329 e. The van der Waals surface area contributed by atoms with E-state index in [4.69, 9.17) is 0 Å². The first-order valence-corrected chi connectivity index (χ1v) is 10.5. The monoisotopic (exact) mass is 386 g/mol. The molecule has 0 fully saturated rings. The molecule has 0 aromatic heterocycles. The molecule has 2 aromatic rings. The van der Waals surface area contributed by atoms with Crippen LogP contribution in [0.4, 0.5) is 0 Å². The van der Waals surface area contributed by atoms with Crippen LogP contribution in [0, 0.1) is 6.92 Å². The van der Waals surface area contributed by atoms with Gasteiger partial charge in [-0.3, -0.25) is 14.3 Å². The van der Waals surface area contributed by atoms with Crippen LogP contribution in [0.3, 0.4) is 0 Å². The van der Waals surface area contributed by atoms with Crippen LogP contribution in [0.15, 0.2) is 48.5 Å². The van der Waals surface area contributed by atoms with Gasteiger partial charge in [0.25, 0.3) is 11.8 Å². The molecule has 0 spiro atoms. The molecule has 0 aliphatic carbocycles. The van der Waals surface area contributed by atoms with Crippen molar-refractivity contribution in [1.82, 2.24) is 9.62 Å². The van der Waals surface area contributed by atoms with Crippen LogP contribution in [-0.2, 0) is 27.7 Å². The van der Waals surface area contributed by atoms with Crippen molar-refractivity contribution >= 4 is 21.8 Å². The number of benzene rings is 2. The maximum atomic E-state index is 12.5. The molecule has 142 valence electrons. The Hall–Kier alpha value is -2.67. The predicted octanol–water partition coefficient (Wildman–Crippen LogP) is 1.68. The second-order valence-corrected chi connectivity index (χ2v) is 8.56. The summed E-state index contributed by atoms with van der Waals surface area (Å²) >= 11 is 0. The fraction of sp³-hybridized carbons (Fsp3) is 0.300. The van der Waals surface area contributed by atoms with Crippen molar-refractivity contribution in [1.29, 1.82) is 0 Å². The summed E-state index contributed by atoms with van der Waals surface area (Å²) < 4.78 is 26.4. The summed E-state index contributed by atoms with van der Waals surface area (Å²) in [6.45, 7) is 2.09. The third-order valence-electron chi connectivity index (χ3n) is 4.57. The third-order valence-corrected chi connectivity index (χ3v) is 5.85. The average Bonchev–Trinajstić information content (AvgIpc) is 2.63. The summed E-state index contributed by atoms with van der Waals surface area (Å²) in [5.41, 5.74) is 3.51. The number of carbonyl (C=O) groups excluding carboxylic acids is 2. The lowest BCUT2D eigenvalue weighted by atomic mass is 9.99. The molecule has 0 bridgehead atoms. The zero-order chi connectivity index (χ0) is 19.4. The molecular weight excluding hydrogens is 364 g/mol. The van der Waals surface area contributed by atoms with E-state index in [1.54, 1.807) is 12.1 Å². The Balaban J connectivity index is 1.55. The van der Waals surface area contributed by atoms with Gasteiger partial charge >= 0.3 is 0 Å². The van der Waals surface area contributed by atoms with Gasteiger partial charge in [-0.15, -0.1) is 0 Å². The van der Waals surface area contributed by atoms with Gasteiger partial charge in [0, 0.05) is 12.1 Å². The predicted molar refractivity (Wildman–Crippen MR) is 103 cm³/mol. The van der Waals surface area contributed by atoms with E-state index in [0.29, 0.717) is 24.9 Å². The number of nitrogens with one attached hydrogen (secondary N) is 1. The summed E-state index contributed by atoms with van der Waals surface area (Å²) in [6, 6.07) is 14.8. The van der Waals surface area contributed by atoms with Crippen molar-refractivity contribution in [3.63, 3.8) is 0 Å². The van der Waals surface area contributed by atoms with E-state index in [0.717, 1.165) is 16.7 Å². The number of aryl methyl sites for hydroxylation is 2. The lowest BCUT2D eigenvalue weighted by molar-refractivity contribution is -0.120. The van der Waals surface area contributed by atoms with E-state index in [-0.39, 0.29) is 18.2 Å². The van der Waals surface area contributed by atoms with Crippen LogP contribution < -0.4 is 4.72 Å². The minimum atomic E-state index is -3.76. The van der Waals surface area contributed by atoms with Crippen LogP contribution in [0.25, 0.3) is 0 Å². The van der Waals surface area contributed by atoms with Crippen molar-refractivity contribution in [2.24, 2.45) is 0 Å². The number of fused-ring (bicyclic) bond motifs is 1. The van der Waals surface area contributed by atoms with Crippen molar-refractivity contribution in [3.05, 3.63) is 70.8 Å². The lowest BCUT2D eigenvalue weighted by Gasteiger charge is -2.27. The molecule has 0 unspecified atom stereocenters. The Morgan fingerprint density at radius 2 is 1.81 bits per heavy atom. The first kappa shape index (κ1) is 19.1. The summed E-state index contributed by atoms with van der Waals surface area (Å²) in [7, 11) is -3.76. The smallest absolute Gasteiger partial charge is 0.254 e. The average molecular weight is 386 g/mol. The number of sulfonamides is 1. The van der Waals surface area contributed by atoms with Crippen molar-refractivity contribution in [2.45, 2.75) is 19.8 Å². The fourth-order valence-corrected chi connectivity index (χ4v) is 4.08. The molecule has 1 aliphatic heterocycles. The molecule has 1 N–H and O–H groups in total. The summed E-state index contributed by atoms with van der Waals surface area (Å²) in [5, 5.41) is 0. The molecule has 0 atom stereocenters. The van der Waals surface area contributed by atoms with Gasteiger partial charge < -0.3 is 4.90 Å². The SMILES string of the molecule is Cc1ccc(CCS(=O)(=O)NC(=O)CN2CCc3ccccc3C2=O)cc1. The minimum absolute atomic E-state index is 0.182. The van der Waals surface area contributed by atoms with E-state index in [2.05, 4.69) is 4.72 Å². The van der Waals surface area contributed by atoms with E-state index in [1.165, 1.54) is 4.90 Å². The molecule has 1 heterocycles. The molecular formula is C20H22N2O4S. The van der Waals surface area contributed by atoms with Crippen LogP contribution in [0.1, 0.15) is 27.0 Å². The highest BCUT2D eigenvalue weighted by atomic mass is 32.2. The number of nitrogens with zero attached hydrogens (tertiary/aromatic N) is 1. The Bertz CT molecular complexity index is 952. The maximum absolute atomic E-state index is 12.5. The summed E-state index contributed by atoms with van der Waals surface area (Å²) in [6.07, 6.45) is 0.967. The largest absolute Gasteiger partial charge is 0.329 e. The fourth-order valence-electron chi connectivity index (χ4n) is 3.06. The second-order valence-electron chi connectivity index (χ2n) is 6.71. The normalized spacial score (nSPS) is 14.0. The molecule has 7 heteroatoms. The zero-order valence-corrected chi connectivity index (χ0v) is 16.0. The number of hydrogen-bond donors (Lipinski definition) is 1. The highest BCUT2D eigenvalue weighted by molar-refractivity contribution is 7.90. The quantitative estimate of drug-likeness (QED) is 0.819. The molecule has 2 amide bonds. The van der Waals surface area contributed by atoms with Crippen molar-refractivity contribution < 1.29 is 18.0 Å². The molecule has 0 saturated heterocycles. The number of rotatable bonds is 6. The highest BCUT2D eigenvalue weighted by Crippen LogP contribution is 2.18. The van der Waals surface area contributed by atoms with Gasteiger partial charge in [0.2, 0.25) is 10.0 Å². The number of carbonyl (C=O) groups is 2. The Labute approximate surface area is 159 Å². The van der Waals surface area contributed by atoms with Gasteiger partial charge in [0.15, 0.2) is 0 Å². The Kier molecular flexibility index (Phi) is 5.60. The Morgan fingerprint density at radius 3 is 2.56 bits per heavy atom. The summed E-state index contributed by atoms with van der Waals surface area (Å²) in [4.78, 5) is 26.0. The van der Waals surface area contributed by atoms with Crippen molar-refractivity contribution in [3.8, 4) is 0 Å². The topological polar surface area (TPSA) is 83.6 Å². The molecule has 0 radical (unpaired) electrons. The van der Waals surface area contributed by atoms with E-state index < -0.39 is 15.9 Å². The van der Waals surface area contributed by atoms with E-state index in [9.17, 15) is 18.0 Å². The van der Waals surface area contributed by atoms with Gasteiger partial charge in [0.1, 0.15) is 6.54 Å². The van der Waals surface area contributed by atoms with Crippen LogP contribution in [0.2, 0.25) is 0 Å². The molecule has 0 saturated carbocycles. The van der Waals surface area contributed by atoms with Crippen LogP contribution in [0.5, 0.6) is 0 Å². The third kappa shape index (κ3) is 4.95. The van der Waals surface area contributed by atoms with Crippen LogP contribution >= 0.6 is 0 Å². The van der Waals surface area contributed by atoms with Gasteiger partial charge in [0.05, 0.1) is 5.75 Å². The van der Waals surface area contributed by atoms with Gasteiger partial charge in [-0.25, -0.2) is 8.42 Å². The molecule has 27 heavy (non-hydrogen) atoms. The molecule has 3 rings (SSSR count). The Morgan fingerprint density at radius 1 is 1.11 bits per heavy atom. The van der Waals surface area contributed by atoms with E-state index >= 15 is 0 Å². The van der Waals surface area contributed by atoms with Crippen LogP contribution in [-0.4, -0.2) is 44.0 Å². The standard InChI is InChI=1S/C20H22N2O4S/c1-15-6-8-16(9-7-15)11-13-27(25,26)21-19(23)14-22-12-10-17-4-2-3-5-18(17)20(22)24/h2-9H,10-14H2,1H3,(H,21,23). The highest BCUT2D eigenvalue weighted by Gasteiger charge is 2.26. The maximum Gasteiger partial charge on any atom is 0.254 e. The first-order valence-electron chi connectivity index (χ1n) is 8.80. The lowest BCUT2D eigenvalue weighted by Crippen LogP contribution is -2.46. The van der Waals surface area contributed by atoms with E-state index in [1.807, 2.05) is 43.3 Å². The first-order chi connectivity index (χ1) is 12.8. The molecule has 2 aromatic carbocycles. The van der Waals surface area contributed by atoms with Crippen molar-refractivity contribution in [2.75, 3.05) is 18.8 Å². The zero-order valence-electron chi connectivity index (χ0n) is 15.1. The number of hydrogen-bond acceptors (Lipinski definition) is 4. The molecule has 1 aliphatic rings. The summed E-state index contributed by atoms with van der Waals surface area (Å²) in [5.74, 6) is -1.12. The second kappa shape index (κ2) is 7.92.